The van der Waals surface area contributed by atoms with Crippen LogP contribution in [0.5, 0.6) is 0 Å². The minimum atomic E-state index is -4.96. The molecule has 0 aromatic rings. The summed E-state index contributed by atoms with van der Waals surface area (Å²) in [5.41, 5.74) is 0. The summed E-state index contributed by atoms with van der Waals surface area (Å²) in [6.45, 7) is 7.37. The zero-order valence-electron chi connectivity index (χ0n) is 67.5. The van der Waals surface area contributed by atoms with Crippen molar-refractivity contribution in [3.05, 3.63) is 0 Å². The number of hydrogen-bond donors (Lipinski definition) is 3. The molecule has 103 heavy (non-hydrogen) atoms. The first-order chi connectivity index (χ1) is 50.0. The molecule has 5 atom stereocenters. The monoisotopic (exact) mass is 1510 g/mol. The quantitative estimate of drug-likeness (QED) is 0.0222. The van der Waals surface area contributed by atoms with E-state index in [4.69, 9.17) is 37.0 Å². The number of phosphoric acid groups is 2. The molecule has 0 amide bonds. The molecule has 0 bridgehead atoms. The molecule has 612 valence electrons. The first-order valence-corrected chi connectivity index (χ1v) is 46.6. The maximum atomic E-state index is 13.1. The molecular weight excluding hydrogens is 1340 g/mol. The molecule has 0 saturated heterocycles. The normalized spacial score (nSPS) is 13.8. The molecule has 0 rings (SSSR count). The fourth-order valence-corrected chi connectivity index (χ4v) is 14.7. The average molecular weight is 1510 g/mol. The summed E-state index contributed by atoms with van der Waals surface area (Å²) in [4.78, 5) is 73.2. The van der Waals surface area contributed by atoms with E-state index in [1.807, 2.05) is 0 Å². The molecular formula is C84H164O17P2. The zero-order chi connectivity index (χ0) is 75.5. The molecule has 19 heteroatoms. The number of phosphoric ester groups is 2. The van der Waals surface area contributed by atoms with Gasteiger partial charge in [0.1, 0.15) is 19.3 Å². The third-order valence-electron chi connectivity index (χ3n) is 19.8. The fraction of sp³-hybridized carbons (Fsp3) is 0.952. The van der Waals surface area contributed by atoms with E-state index in [9.17, 15) is 43.2 Å². The van der Waals surface area contributed by atoms with Crippen molar-refractivity contribution < 1.29 is 80.2 Å². The second-order valence-electron chi connectivity index (χ2n) is 30.7. The standard InChI is InChI=1S/C84H164O17P2/c1-6-9-12-15-18-21-24-27-29-30-31-32-33-34-35-39-45-50-55-60-65-70-84(89)101-80(74-95-82(87)68-63-58-53-48-43-40-36-37-41-46-51-56-61-66-77(4)5)76-99-103(92,93)97-72-78(85)71-96-102(90,91)98-75-79(73-94-81(86)67-62-57-52-47-42-26-23-20-17-14-11-8-3)100-83(88)69-64-59-54-49-44-38-28-25-22-19-16-13-10-7-2/h77-80,85H,6-76H2,1-5H3,(H,90,91)(H,92,93)/t78-,79+,80+/m0/s1. The lowest BCUT2D eigenvalue weighted by molar-refractivity contribution is -0.161. The predicted molar refractivity (Wildman–Crippen MR) is 423 cm³/mol. The smallest absolute Gasteiger partial charge is 0.462 e. The second kappa shape index (κ2) is 76.8. The highest BCUT2D eigenvalue weighted by Gasteiger charge is 2.30. The Kier molecular flexibility index (Phi) is 75.4. The maximum Gasteiger partial charge on any atom is 0.472 e. The van der Waals surface area contributed by atoms with Gasteiger partial charge in [-0.1, -0.05) is 401 Å². The summed E-state index contributed by atoms with van der Waals surface area (Å²) in [6, 6.07) is 0. The van der Waals surface area contributed by atoms with E-state index < -0.39 is 97.5 Å². The second-order valence-corrected chi connectivity index (χ2v) is 33.6. The van der Waals surface area contributed by atoms with Crippen LogP contribution in [-0.2, 0) is 65.4 Å². The molecule has 0 aliphatic heterocycles. The van der Waals surface area contributed by atoms with Crippen LogP contribution < -0.4 is 0 Å². The summed E-state index contributed by atoms with van der Waals surface area (Å²) in [6.07, 6.45) is 69.3. The van der Waals surface area contributed by atoms with Crippen LogP contribution in [0.25, 0.3) is 0 Å². The Morgan fingerprint density at radius 2 is 0.447 bits per heavy atom. The largest absolute Gasteiger partial charge is 0.472 e. The van der Waals surface area contributed by atoms with Crippen LogP contribution in [0.2, 0.25) is 0 Å². The Morgan fingerprint density at radius 3 is 0.660 bits per heavy atom. The first kappa shape index (κ1) is 101. The number of carbonyl (C=O) groups is 4. The van der Waals surface area contributed by atoms with Gasteiger partial charge in [0.25, 0.3) is 0 Å². The highest BCUT2D eigenvalue weighted by Crippen LogP contribution is 2.45. The van der Waals surface area contributed by atoms with Gasteiger partial charge < -0.3 is 33.8 Å². The molecule has 2 unspecified atom stereocenters. The number of ether oxygens (including phenoxy) is 4. The minimum absolute atomic E-state index is 0.109. The van der Waals surface area contributed by atoms with Crippen LogP contribution in [0.1, 0.15) is 452 Å². The van der Waals surface area contributed by atoms with Gasteiger partial charge in [-0.3, -0.25) is 37.3 Å². The van der Waals surface area contributed by atoms with Crippen LogP contribution >= 0.6 is 15.6 Å². The van der Waals surface area contributed by atoms with Gasteiger partial charge in [0.2, 0.25) is 0 Å². The van der Waals surface area contributed by atoms with Crippen LogP contribution in [0.4, 0.5) is 0 Å². The summed E-state index contributed by atoms with van der Waals surface area (Å²) < 4.78 is 68.8. The molecule has 0 spiro atoms. The molecule has 0 aliphatic rings. The van der Waals surface area contributed by atoms with E-state index in [0.717, 1.165) is 95.8 Å². The lowest BCUT2D eigenvalue weighted by Crippen LogP contribution is -2.30. The van der Waals surface area contributed by atoms with E-state index in [-0.39, 0.29) is 25.7 Å². The van der Waals surface area contributed by atoms with E-state index in [1.54, 1.807) is 0 Å². The summed E-state index contributed by atoms with van der Waals surface area (Å²) in [5, 5.41) is 10.7. The topological polar surface area (TPSA) is 237 Å². The molecule has 0 aromatic heterocycles. The third kappa shape index (κ3) is 78.0. The lowest BCUT2D eigenvalue weighted by atomic mass is 10.0. The maximum absolute atomic E-state index is 13.1. The van der Waals surface area contributed by atoms with Gasteiger partial charge in [0, 0.05) is 25.7 Å². The molecule has 0 aromatic carbocycles. The van der Waals surface area contributed by atoms with E-state index in [1.165, 1.54) is 276 Å². The average Bonchev–Trinajstić information content (AvgIpc) is 0.911. The van der Waals surface area contributed by atoms with Crippen molar-refractivity contribution in [1.82, 2.24) is 0 Å². The van der Waals surface area contributed by atoms with Crippen molar-refractivity contribution in [2.45, 2.75) is 470 Å². The number of rotatable bonds is 84. The Labute approximate surface area is 632 Å². The van der Waals surface area contributed by atoms with Crippen molar-refractivity contribution in [2.75, 3.05) is 39.6 Å². The van der Waals surface area contributed by atoms with Crippen molar-refractivity contribution in [3.63, 3.8) is 0 Å². The first-order valence-electron chi connectivity index (χ1n) is 43.6. The van der Waals surface area contributed by atoms with Gasteiger partial charge in [-0.2, -0.15) is 0 Å². The minimum Gasteiger partial charge on any atom is -0.462 e. The van der Waals surface area contributed by atoms with Gasteiger partial charge in [-0.15, -0.1) is 0 Å². The fourth-order valence-electron chi connectivity index (χ4n) is 13.1. The highest BCUT2D eigenvalue weighted by atomic mass is 31.2. The number of esters is 4. The summed E-state index contributed by atoms with van der Waals surface area (Å²) >= 11 is 0. The number of unbranched alkanes of at least 4 members (excludes halogenated alkanes) is 56. The number of aliphatic hydroxyl groups is 1. The van der Waals surface area contributed by atoms with Crippen molar-refractivity contribution in [2.24, 2.45) is 5.92 Å². The molecule has 0 aliphatic carbocycles. The van der Waals surface area contributed by atoms with Crippen LogP contribution in [-0.4, -0.2) is 96.7 Å². The van der Waals surface area contributed by atoms with Crippen molar-refractivity contribution in [3.8, 4) is 0 Å². The van der Waals surface area contributed by atoms with E-state index in [2.05, 4.69) is 34.6 Å². The molecule has 0 heterocycles. The Morgan fingerprint density at radius 1 is 0.262 bits per heavy atom. The Balaban J connectivity index is 5.24. The van der Waals surface area contributed by atoms with Gasteiger partial charge >= 0.3 is 39.5 Å². The highest BCUT2D eigenvalue weighted by molar-refractivity contribution is 7.47. The number of hydrogen-bond acceptors (Lipinski definition) is 15. The SMILES string of the molecule is CCCCCCCCCCCCCCCCCCCCCCCC(=O)O[C@H](COC(=O)CCCCCCCCCCCCCCCC(C)C)COP(=O)(O)OC[C@@H](O)COP(=O)(O)OC[C@@H](COC(=O)CCCCCCCCCCCCCC)OC(=O)CCCCCCCCCCCCCCCC. The van der Waals surface area contributed by atoms with Gasteiger partial charge in [0.05, 0.1) is 26.4 Å². The Hall–Kier alpha value is -1.94. The molecule has 0 saturated carbocycles. The van der Waals surface area contributed by atoms with Crippen molar-refractivity contribution >= 4 is 39.5 Å². The van der Waals surface area contributed by atoms with Crippen LogP contribution in [0.15, 0.2) is 0 Å². The Bertz CT molecular complexity index is 1960. The lowest BCUT2D eigenvalue weighted by Gasteiger charge is -2.21. The molecule has 3 N–H and O–H groups in total. The van der Waals surface area contributed by atoms with Gasteiger partial charge in [-0.05, 0) is 31.6 Å². The van der Waals surface area contributed by atoms with E-state index >= 15 is 0 Å². The van der Waals surface area contributed by atoms with Crippen LogP contribution in [0, 0.1) is 5.92 Å². The molecule has 0 radical (unpaired) electrons. The molecule has 0 fully saturated rings. The third-order valence-corrected chi connectivity index (χ3v) is 21.7. The van der Waals surface area contributed by atoms with E-state index in [0.29, 0.717) is 25.7 Å². The van der Waals surface area contributed by atoms with Crippen LogP contribution in [0.3, 0.4) is 0 Å². The van der Waals surface area contributed by atoms with Gasteiger partial charge in [-0.25, -0.2) is 9.13 Å². The zero-order valence-corrected chi connectivity index (χ0v) is 69.3. The predicted octanol–water partition coefficient (Wildman–Crippen LogP) is 25.6. The number of carbonyl (C=O) groups excluding carboxylic acids is 4. The summed E-state index contributed by atoms with van der Waals surface area (Å²) in [5.74, 6) is -1.31. The molecule has 17 nitrogen and oxygen atoms in total. The van der Waals surface area contributed by atoms with Gasteiger partial charge in [0.15, 0.2) is 12.2 Å². The summed E-state index contributed by atoms with van der Waals surface area (Å²) in [7, 11) is -9.92. The number of aliphatic hydroxyl groups excluding tert-OH is 1. The van der Waals surface area contributed by atoms with Crippen molar-refractivity contribution in [1.29, 1.82) is 0 Å².